The third-order valence-electron chi connectivity index (χ3n) is 1.91. The number of azo groups is 1. The lowest BCUT2D eigenvalue weighted by atomic mass is 10.3. The molecule has 1 aromatic carbocycles. The Morgan fingerprint density at radius 2 is 1.71 bits per heavy atom. The SMILES string of the molecule is Nc1n[nH]c(N)c1N=Nc1cc(F)cc(F)c1. The van der Waals surface area contributed by atoms with E-state index in [0.717, 1.165) is 18.2 Å². The molecule has 0 amide bonds. The number of anilines is 2. The molecule has 5 N–H and O–H groups in total. The average molecular weight is 238 g/mol. The van der Waals surface area contributed by atoms with E-state index in [0.29, 0.717) is 0 Å². The normalized spacial score (nSPS) is 11.2. The highest BCUT2D eigenvalue weighted by Gasteiger charge is 2.06. The average Bonchev–Trinajstić information content (AvgIpc) is 2.55. The Morgan fingerprint density at radius 1 is 1.06 bits per heavy atom. The highest BCUT2D eigenvalue weighted by molar-refractivity contribution is 5.70. The van der Waals surface area contributed by atoms with Crippen LogP contribution in [0.2, 0.25) is 0 Å². The molecule has 0 fully saturated rings. The molecule has 0 aliphatic carbocycles. The van der Waals surface area contributed by atoms with Crippen molar-refractivity contribution in [1.29, 1.82) is 0 Å². The van der Waals surface area contributed by atoms with E-state index in [1.54, 1.807) is 0 Å². The van der Waals surface area contributed by atoms with E-state index in [1.165, 1.54) is 0 Å². The van der Waals surface area contributed by atoms with Gasteiger partial charge in [0.05, 0.1) is 5.69 Å². The van der Waals surface area contributed by atoms with Crippen molar-refractivity contribution in [2.45, 2.75) is 0 Å². The minimum atomic E-state index is -0.743. The molecular formula is C9H8F2N6. The molecular weight excluding hydrogens is 230 g/mol. The number of hydrogen-bond acceptors (Lipinski definition) is 5. The zero-order valence-electron chi connectivity index (χ0n) is 8.48. The number of benzene rings is 1. The van der Waals surface area contributed by atoms with Crippen LogP contribution in [0.1, 0.15) is 0 Å². The first-order chi connectivity index (χ1) is 8.06. The van der Waals surface area contributed by atoms with E-state index in [1.807, 2.05) is 0 Å². The molecule has 6 nitrogen and oxygen atoms in total. The first-order valence-electron chi connectivity index (χ1n) is 4.53. The summed E-state index contributed by atoms with van der Waals surface area (Å²) in [6.07, 6.45) is 0. The Balaban J connectivity index is 2.32. The minimum absolute atomic E-state index is 0.0162. The number of H-pyrrole nitrogens is 1. The molecule has 0 atom stereocenters. The fourth-order valence-electron chi connectivity index (χ4n) is 1.17. The van der Waals surface area contributed by atoms with Gasteiger partial charge in [-0.15, -0.1) is 5.11 Å². The summed E-state index contributed by atoms with van der Waals surface area (Å²) < 4.78 is 25.7. The van der Waals surface area contributed by atoms with E-state index < -0.39 is 11.6 Å². The Kier molecular flexibility index (Phi) is 2.69. The lowest BCUT2D eigenvalue weighted by Gasteiger charge is -1.94. The lowest BCUT2D eigenvalue weighted by molar-refractivity contribution is 0.583. The molecule has 88 valence electrons. The number of nitrogens with one attached hydrogen (secondary N) is 1. The number of rotatable bonds is 2. The molecule has 1 heterocycles. The van der Waals surface area contributed by atoms with Gasteiger partial charge < -0.3 is 11.5 Å². The van der Waals surface area contributed by atoms with Gasteiger partial charge in [-0.05, 0) is 0 Å². The second kappa shape index (κ2) is 4.16. The summed E-state index contributed by atoms with van der Waals surface area (Å²) in [5.74, 6) is -1.30. The lowest BCUT2D eigenvalue weighted by Crippen LogP contribution is -1.84. The van der Waals surface area contributed by atoms with Gasteiger partial charge in [0.25, 0.3) is 0 Å². The maximum absolute atomic E-state index is 12.8. The van der Waals surface area contributed by atoms with Crippen LogP contribution in [0.25, 0.3) is 0 Å². The van der Waals surface area contributed by atoms with Crippen molar-refractivity contribution in [1.82, 2.24) is 10.2 Å². The molecule has 0 aliphatic heterocycles. The summed E-state index contributed by atoms with van der Waals surface area (Å²) in [5.41, 5.74) is 11.1. The Morgan fingerprint density at radius 3 is 2.24 bits per heavy atom. The highest BCUT2D eigenvalue weighted by Crippen LogP contribution is 2.28. The third kappa shape index (κ3) is 2.36. The zero-order valence-corrected chi connectivity index (χ0v) is 8.48. The van der Waals surface area contributed by atoms with Crippen LogP contribution in [0.4, 0.5) is 31.8 Å². The minimum Gasteiger partial charge on any atom is -0.382 e. The molecule has 2 rings (SSSR count). The van der Waals surface area contributed by atoms with Crippen LogP contribution >= 0.6 is 0 Å². The molecule has 0 radical (unpaired) electrons. The van der Waals surface area contributed by atoms with Crippen LogP contribution in [0, 0.1) is 11.6 Å². The third-order valence-corrected chi connectivity index (χ3v) is 1.91. The van der Waals surface area contributed by atoms with Crippen LogP contribution < -0.4 is 11.5 Å². The number of halogens is 2. The van der Waals surface area contributed by atoms with Crippen molar-refractivity contribution >= 4 is 23.0 Å². The fourth-order valence-corrected chi connectivity index (χ4v) is 1.17. The predicted molar refractivity (Wildman–Crippen MR) is 57.9 cm³/mol. The number of hydrogen-bond donors (Lipinski definition) is 3. The fraction of sp³-hybridized carbons (Fsp3) is 0. The van der Waals surface area contributed by atoms with Gasteiger partial charge in [0.15, 0.2) is 11.5 Å². The van der Waals surface area contributed by atoms with Crippen LogP contribution in [0.3, 0.4) is 0 Å². The van der Waals surface area contributed by atoms with Gasteiger partial charge in [0, 0.05) is 18.2 Å². The smallest absolute Gasteiger partial charge is 0.175 e. The van der Waals surface area contributed by atoms with Gasteiger partial charge in [0.2, 0.25) is 0 Å². The van der Waals surface area contributed by atoms with Crippen LogP contribution in [0.15, 0.2) is 28.4 Å². The topological polar surface area (TPSA) is 105 Å². The Labute approximate surface area is 94.3 Å². The number of nitrogens with two attached hydrogens (primary N) is 2. The molecule has 0 aliphatic rings. The van der Waals surface area contributed by atoms with Crippen LogP contribution in [0.5, 0.6) is 0 Å². The van der Waals surface area contributed by atoms with Crippen molar-refractivity contribution in [3.63, 3.8) is 0 Å². The van der Waals surface area contributed by atoms with Gasteiger partial charge >= 0.3 is 0 Å². The largest absolute Gasteiger partial charge is 0.382 e. The second-order valence-electron chi connectivity index (χ2n) is 3.20. The first-order valence-corrected chi connectivity index (χ1v) is 4.53. The van der Waals surface area contributed by atoms with Crippen LogP contribution in [-0.2, 0) is 0 Å². The zero-order chi connectivity index (χ0) is 12.4. The number of aromatic amines is 1. The van der Waals surface area contributed by atoms with Crippen molar-refractivity contribution in [2.75, 3.05) is 11.5 Å². The number of nitrogen functional groups attached to an aromatic ring is 2. The molecule has 0 unspecified atom stereocenters. The summed E-state index contributed by atoms with van der Waals surface area (Å²) in [6, 6.07) is 2.79. The first kappa shape index (κ1) is 11.0. The summed E-state index contributed by atoms with van der Waals surface area (Å²) in [4.78, 5) is 0. The van der Waals surface area contributed by atoms with Gasteiger partial charge in [0.1, 0.15) is 17.5 Å². The Bertz CT molecular complexity index is 537. The predicted octanol–water partition coefficient (Wildman–Crippen LogP) is 2.27. The van der Waals surface area contributed by atoms with Crippen molar-refractivity contribution in [3.05, 3.63) is 29.8 Å². The Hall–Kier alpha value is -2.51. The monoisotopic (exact) mass is 238 g/mol. The number of nitrogens with zero attached hydrogens (tertiary/aromatic N) is 3. The molecule has 8 heteroatoms. The highest BCUT2D eigenvalue weighted by atomic mass is 19.1. The van der Waals surface area contributed by atoms with E-state index in [2.05, 4.69) is 20.4 Å². The van der Waals surface area contributed by atoms with E-state index >= 15 is 0 Å². The van der Waals surface area contributed by atoms with Crippen molar-refractivity contribution < 1.29 is 8.78 Å². The summed E-state index contributed by atoms with van der Waals surface area (Å²) in [5, 5.41) is 13.3. The maximum atomic E-state index is 12.8. The standard InChI is InChI=1S/C9H8F2N6/c10-4-1-5(11)3-6(2-4)14-15-7-8(12)16-17-9(7)13/h1-3H,(H5,12,13,16,17). The molecule has 1 aromatic heterocycles. The molecule has 0 spiro atoms. The second-order valence-corrected chi connectivity index (χ2v) is 3.20. The van der Waals surface area contributed by atoms with E-state index in [4.69, 9.17) is 11.5 Å². The van der Waals surface area contributed by atoms with Crippen LogP contribution in [-0.4, -0.2) is 10.2 Å². The van der Waals surface area contributed by atoms with Gasteiger partial charge in [-0.1, -0.05) is 0 Å². The summed E-state index contributed by atoms with van der Waals surface area (Å²) >= 11 is 0. The summed E-state index contributed by atoms with van der Waals surface area (Å²) in [7, 11) is 0. The van der Waals surface area contributed by atoms with Gasteiger partial charge in [-0.3, -0.25) is 5.10 Å². The van der Waals surface area contributed by atoms with E-state index in [-0.39, 0.29) is 23.0 Å². The quantitative estimate of drug-likeness (QED) is 0.698. The number of aromatic nitrogens is 2. The van der Waals surface area contributed by atoms with Gasteiger partial charge in [-0.2, -0.15) is 10.2 Å². The maximum Gasteiger partial charge on any atom is 0.175 e. The molecule has 0 saturated carbocycles. The van der Waals surface area contributed by atoms with Crippen molar-refractivity contribution in [2.24, 2.45) is 10.2 Å². The molecule has 2 aromatic rings. The van der Waals surface area contributed by atoms with Gasteiger partial charge in [-0.25, -0.2) is 8.78 Å². The summed E-state index contributed by atoms with van der Waals surface area (Å²) in [6.45, 7) is 0. The molecule has 0 saturated heterocycles. The molecule has 17 heavy (non-hydrogen) atoms. The van der Waals surface area contributed by atoms with Crippen molar-refractivity contribution in [3.8, 4) is 0 Å². The van der Waals surface area contributed by atoms with E-state index in [9.17, 15) is 8.78 Å². The molecule has 0 bridgehead atoms.